The molecule has 6 nitrogen and oxygen atoms in total. The number of piperidine rings is 2. The number of nitrogens with zero attached hydrogens (tertiary/aromatic N) is 5. The van der Waals surface area contributed by atoms with Gasteiger partial charge in [-0.15, -0.1) is 0 Å². The van der Waals surface area contributed by atoms with Gasteiger partial charge in [-0.1, -0.05) is 12.2 Å². The third-order valence-electron chi connectivity index (χ3n) is 7.20. The first kappa shape index (κ1) is 23.0. The first-order valence-electron chi connectivity index (χ1n) is 12.6. The van der Waals surface area contributed by atoms with E-state index in [9.17, 15) is 0 Å². The van der Waals surface area contributed by atoms with E-state index >= 15 is 0 Å². The molecule has 174 valence electrons. The Morgan fingerprint density at radius 3 is 2.56 bits per heavy atom. The summed E-state index contributed by atoms with van der Waals surface area (Å²) >= 11 is 0. The molecule has 0 aromatic rings. The molecule has 32 heavy (non-hydrogen) atoms. The fourth-order valence-corrected chi connectivity index (χ4v) is 5.05. The third kappa shape index (κ3) is 5.58. The molecule has 2 N–H and O–H groups in total. The molecular formula is C26H40N6. The SMILES string of the molecule is CC1=NCCN=C1C(=NC(C)C1=CC=C(N2CCCCC2)C=CC1)N1CCC(CN)CC1. The van der Waals surface area contributed by atoms with Crippen LogP contribution in [0.3, 0.4) is 0 Å². The molecule has 3 aliphatic heterocycles. The summed E-state index contributed by atoms with van der Waals surface area (Å²) in [4.78, 5) is 19.8. The molecule has 0 radical (unpaired) electrons. The average molecular weight is 437 g/mol. The normalized spacial score (nSPS) is 24.4. The second kappa shape index (κ2) is 11.1. The number of allylic oxidation sites excluding steroid dienone is 4. The standard InChI is InChI=1S/C26H40N6/c1-20(23-7-6-8-24(10-9-23)31-15-4-3-5-16-31)30-26(25-21(2)28-13-14-29-25)32-17-11-22(19-27)12-18-32/h6,8-10,20,22H,3-5,7,11-19,27H2,1-2H3. The van der Waals surface area contributed by atoms with Crippen LogP contribution in [0.4, 0.5) is 0 Å². The van der Waals surface area contributed by atoms with Gasteiger partial charge in [-0.25, -0.2) is 0 Å². The van der Waals surface area contributed by atoms with Crippen molar-refractivity contribution < 1.29 is 0 Å². The molecule has 0 spiro atoms. The number of amidine groups is 1. The van der Waals surface area contributed by atoms with Crippen LogP contribution in [0, 0.1) is 5.92 Å². The largest absolute Gasteiger partial charge is 0.372 e. The van der Waals surface area contributed by atoms with Crippen LogP contribution < -0.4 is 5.73 Å². The second-order valence-electron chi connectivity index (χ2n) is 9.48. The quantitative estimate of drug-likeness (QED) is 0.529. The maximum atomic E-state index is 5.93. The molecule has 1 unspecified atom stereocenters. The fourth-order valence-electron chi connectivity index (χ4n) is 5.05. The van der Waals surface area contributed by atoms with Crippen LogP contribution in [0.2, 0.25) is 0 Å². The van der Waals surface area contributed by atoms with Gasteiger partial charge in [0.05, 0.1) is 24.8 Å². The Kier molecular flexibility index (Phi) is 7.95. The average Bonchev–Trinajstić information content (AvgIpc) is 3.10. The highest BCUT2D eigenvalue weighted by Crippen LogP contribution is 2.23. The molecular weight excluding hydrogens is 396 g/mol. The molecule has 4 aliphatic rings. The smallest absolute Gasteiger partial charge is 0.151 e. The maximum absolute atomic E-state index is 5.93. The third-order valence-corrected chi connectivity index (χ3v) is 7.20. The molecule has 2 fully saturated rings. The lowest BCUT2D eigenvalue weighted by atomic mass is 9.96. The molecule has 3 heterocycles. The van der Waals surface area contributed by atoms with E-state index in [0.29, 0.717) is 5.92 Å². The van der Waals surface area contributed by atoms with Gasteiger partial charge in [0.25, 0.3) is 0 Å². The zero-order valence-corrected chi connectivity index (χ0v) is 20.0. The van der Waals surface area contributed by atoms with Crippen molar-refractivity contribution in [2.75, 3.05) is 45.8 Å². The van der Waals surface area contributed by atoms with Crippen molar-refractivity contribution in [3.8, 4) is 0 Å². The minimum Gasteiger partial charge on any atom is -0.372 e. The molecule has 0 aromatic carbocycles. The monoisotopic (exact) mass is 436 g/mol. The summed E-state index contributed by atoms with van der Waals surface area (Å²) in [6, 6.07) is 0.108. The van der Waals surface area contributed by atoms with E-state index in [1.807, 2.05) is 0 Å². The minimum absolute atomic E-state index is 0.108. The van der Waals surface area contributed by atoms with Gasteiger partial charge in [0.15, 0.2) is 5.84 Å². The van der Waals surface area contributed by atoms with Crippen LogP contribution in [-0.4, -0.2) is 78.9 Å². The van der Waals surface area contributed by atoms with Gasteiger partial charge in [0.2, 0.25) is 0 Å². The van der Waals surface area contributed by atoms with Crippen molar-refractivity contribution >= 4 is 17.3 Å². The number of likely N-dealkylation sites (tertiary alicyclic amines) is 2. The van der Waals surface area contributed by atoms with E-state index in [0.717, 1.165) is 69.2 Å². The maximum Gasteiger partial charge on any atom is 0.151 e. The summed E-state index contributed by atoms with van der Waals surface area (Å²) in [5.41, 5.74) is 10.6. The number of hydrogen-bond donors (Lipinski definition) is 1. The van der Waals surface area contributed by atoms with Gasteiger partial charge in [-0.3, -0.25) is 15.0 Å². The van der Waals surface area contributed by atoms with Gasteiger partial charge >= 0.3 is 0 Å². The minimum atomic E-state index is 0.108. The Morgan fingerprint density at radius 1 is 1.09 bits per heavy atom. The van der Waals surface area contributed by atoms with Gasteiger partial charge < -0.3 is 15.5 Å². The summed E-state index contributed by atoms with van der Waals surface area (Å²) in [5.74, 6) is 1.66. The molecule has 1 atom stereocenters. The van der Waals surface area contributed by atoms with E-state index in [1.54, 1.807) is 0 Å². The Labute approximate surface area is 193 Å². The van der Waals surface area contributed by atoms with Gasteiger partial charge in [-0.05, 0) is 82.6 Å². The summed E-state index contributed by atoms with van der Waals surface area (Å²) in [5, 5.41) is 0. The zero-order valence-electron chi connectivity index (χ0n) is 20.0. The lowest BCUT2D eigenvalue weighted by Gasteiger charge is -2.35. The predicted molar refractivity (Wildman–Crippen MR) is 136 cm³/mol. The van der Waals surface area contributed by atoms with Gasteiger partial charge in [0.1, 0.15) is 5.71 Å². The van der Waals surface area contributed by atoms with Crippen molar-refractivity contribution in [3.05, 3.63) is 35.6 Å². The number of hydrogen-bond acceptors (Lipinski definition) is 5. The first-order valence-corrected chi connectivity index (χ1v) is 12.6. The second-order valence-corrected chi connectivity index (χ2v) is 9.48. The Morgan fingerprint density at radius 2 is 1.84 bits per heavy atom. The number of nitrogens with two attached hydrogens (primary N) is 1. The van der Waals surface area contributed by atoms with Crippen molar-refractivity contribution in [1.82, 2.24) is 9.80 Å². The Balaban J connectivity index is 1.56. The zero-order chi connectivity index (χ0) is 22.3. The van der Waals surface area contributed by atoms with Crippen LogP contribution in [0.15, 0.2) is 50.6 Å². The van der Waals surface area contributed by atoms with E-state index in [2.05, 4.69) is 52.9 Å². The number of aliphatic imine (C=N–C) groups is 3. The van der Waals surface area contributed by atoms with Crippen molar-refractivity contribution in [1.29, 1.82) is 0 Å². The molecule has 2 saturated heterocycles. The predicted octanol–water partition coefficient (Wildman–Crippen LogP) is 3.62. The highest BCUT2D eigenvalue weighted by molar-refractivity contribution is 6.68. The van der Waals surface area contributed by atoms with Crippen LogP contribution in [0.1, 0.15) is 52.4 Å². The fraction of sp³-hybridized carbons (Fsp3) is 0.654. The van der Waals surface area contributed by atoms with Crippen LogP contribution in [0.5, 0.6) is 0 Å². The molecule has 4 rings (SSSR count). The molecule has 6 heteroatoms. The summed E-state index contributed by atoms with van der Waals surface area (Å²) in [7, 11) is 0. The summed E-state index contributed by atoms with van der Waals surface area (Å²) < 4.78 is 0. The van der Waals surface area contributed by atoms with Gasteiger partial charge in [0, 0.05) is 31.9 Å². The molecule has 0 aromatic heterocycles. The van der Waals surface area contributed by atoms with Crippen molar-refractivity contribution in [2.24, 2.45) is 26.6 Å². The topological polar surface area (TPSA) is 69.6 Å². The van der Waals surface area contributed by atoms with Crippen molar-refractivity contribution in [2.45, 2.75) is 58.4 Å². The van der Waals surface area contributed by atoms with E-state index in [4.69, 9.17) is 15.7 Å². The summed E-state index contributed by atoms with van der Waals surface area (Å²) in [6.07, 6.45) is 16.4. The van der Waals surface area contributed by atoms with E-state index in [-0.39, 0.29) is 6.04 Å². The molecule has 1 aliphatic carbocycles. The van der Waals surface area contributed by atoms with E-state index in [1.165, 1.54) is 43.6 Å². The molecule has 0 bridgehead atoms. The van der Waals surface area contributed by atoms with E-state index < -0.39 is 0 Å². The van der Waals surface area contributed by atoms with Crippen LogP contribution in [0.25, 0.3) is 0 Å². The van der Waals surface area contributed by atoms with Crippen LogP contribution in [-0.2, 0) is 0 Å². The lowest BCUT2D eigenvalue weighted by Crippen LogP contribution is -2.46. The first-order chi connectivity index (χ1) is 15.7. The molecule has 0 amide bonds. The highest BCUT2D eigenvalue weighted by atomic mass is 15.2. The Bertz CT molecular complexity index is 832. The number of rotatable bonds is 5. The molecule has 0 saturated carbocycles. The van der Waals surface area contributed by atoms with Gasteiger partial charge in [-0.2, -0.15) is 0 Å². The van der Waals surface area contributed by atoms with Crippen LogP contribution >= 0.6 is 0 Å². The summed E-state index contributed by atoms with van der Waals surface area (Å²) in [6.45, 7) is 11.0. The Hall–Kier alpha value is -2.21. The van der Waals surface area contributed by atoms with Crippen molar-refractivity contribution in [3.63, 3.8) is 0 Å². The lowest BCUT2D eigenvalue weighted by molar-refractivity contribution is 0.272. The highest BCUT2D eigenvalue weighted by Gasteiger charge is 2.27.